The van der Waals surface area contributed by atoms with Gasteiger partial charge in [-0.1, -0.05) is 60.8 Å². The SMILES string of the molecule is CC.CCC.CCCC.OP(O)(O)=S.OP(O)(O)=S.[Zn]. The Morgan fingerprint density at radius 3 is 0.700 bits per heavy atom. The standard InChI is InChI=1S/C4H10.C3H8.C2H6.2H3O3PS.Zn/c1-3-4-2;1-3-2;1-2;2*1-4(2,3)5;/h3-4H2,1-2H3;3H2,1-2H3;1-2H3;2*(H3,1,2,3,5);. The van der Waals surface area contributed by atoms with E-state index in [9.17, 15) is 0 Å². The molecule has 20 heavy (non-hydrogen) atoms. The average Bonchev–Trinajstić information content (AvgIpc) is 2.16. The van der Waals surface area contributed by atoms with Crippen LogP contribution in [-0.2, 0) is 43.1 Å². The monoisotopic (exact) mass is 424 g/mol. The van der Waals surface area contributed by atoms with E-state index in [0.29, 0.717) is 0 Å². The van der Waals surface area contributed by atoms with Gasteiger partial charge < -0.3 is 29.4 Å². The minimum absolute atomic E-state index is 0. The molecule has 0 radical (unpaired) electrons. The molecule has 0 heterocycles. The molecule has 0 aromatic rings. The molecule has 11 heteroatoms. The largest absolute Gasteiger partial charge is 0.325 e. The summed E-state index contributed by atoms with van der Waals surface area (Å²) in [5, 5.41) is 0. The second-order valence-electron chi connectivity index (χ2n) is 2.73. The molecule has 0 bridgehead atoms. The van der Waals surface area contributed by atoms with E-state index in [0.717, 1.165) is 0 Å². The van der Waals surface area contributed by atoms with Crippen molar-refractivity contribution in [3.63, 3.8) is 0 Å². The molecule has 0 amide bonds. The fourth-order valence-electron chi connectivity index (χ4n) is 0. The van der Waals surface area contributed by atoms with Gasteiger partial charge in [-0.25, -0.2) is 0 Å². The van der Waals surface area contributed by atoms with Gasteiger partial charge in [0.25, 0.3) is 0 Å². The molecule has 0 aliphatic rings. The molecule has 6 N–H and O–H groups in total. The van der Waals surface area contributed by atoms with E-state index in [1.807, 2.05) is 13.8 Å². The summed E-state index contributed by atoms with van der Waals surface area (Å²) in [5.41, 5.74) is 0. The van der Waals surface area contributed by atoms with E-state index in [2.05, 4.69) is 51.3 Å². The number of unbranched alkanes of at least 4 members (excludes halogenated alkanes) is 1. The van der Waals surface area contributed by atoms with Crippen LogP contribution < -0.4 is 0 Å². The van der Waals surface area contributed by atoms with Gasteiger partial charge in [0, 0.05) is 19.5 Å². The Bertz CT molecular complexity index is 184. The molecule has 126 valence electrons. The fourth-order valence-corrected chi connectivity index (χ4v) is 0. The van der Waals surface area contributed by atoms with Crippen molar-refractivity contribution in [3.8, 4) is 0 Å². The van der Waals surface area contributed by atoms with Crippen molar-refractivity contribution in [2.45, 2.75) is 60.8 Å². The first-order valence-corrected chi connectivity index (χ1v) is 11.2. The molecule has 0 saturated heterocycles. The van der Waals surface area contributed by atoms with Crippen LogP contribution in [0.25, 0.3) is 0 Å². The third-order valence-electron chi connectivity index (χ3n) is 0.500. The van der Waals surface area contributed by atoms with Crippen LogP contribution in [0.4, 0.5) is 0 Å². The zero-order chi connectivity index (χ0) is 17.1. The molecule has 0 saturated carbocycles. The van der Waals surface area contributed by atoms with Gasteiger partial charge in [-0.05, 0) is 23.6 Å². The normalized spacial score (nSPS) is 8.60. The summed E-state index contributed by atoms with van der Waals surface area (Å²) in [4.78, 5) is 45.3. The van der Waals surface area contributed by atoms with Crippen molar-refractivity contribution in [2.24, 2.45) is 0 Å². The van der Waals surface area contributed by atoms with E-state index >= 15 is 0 Å². The summed E-state index contributed by atoms with van der Waals surface area (Å²) in [6, 6.07) is 0. The van der Waals surface area contributed by atoms with Crippen LogP contribution in [0.15, 0.2) is 0 Å². The van der Waals surface area contributed by atoms with Crippen molar-refractivity contribution in [1.29, 1.82) is 0 Å². The van der Waals surface area contributed by atoms with E-state index < -0.39 is 13.4 Å². The molecule has 0 rings (SSSR count). The molecular formula is C9H30O6P2S2Zn. The van der Waals surface area contributed by atoms with E-state index in [-0.39, 0.29) is 19.5 Å². The van der Waals surface area contributed by atoms with Crippen LogP contribution >= 0.6 is 13.4 Å². The van der Waals surface area contributed by atoms with Gasteiger partial charge in [-0.15, -0.1) is 0 Å². The zero-order valence-electron chi connectivity index (χ0n) is 13.2. The summed E-state index contributed by atoms with van der Waals surface area (Å²) < 4.78 is 0. The maximum Gasteiger partial charge on any atom is 0.319 e. The van der Waals surface area contributed by atoms with Crippen molar-refractivity contribution >= 4 is 37.1 Å². The topological polar surface area (TPSA) is 121 Å². The predicted molar refractivity (Wildman–Crippen MR) is 89.8 cm³/mol. The summed E-state index contributed by atoms with van der Waals surface area (Å²) in [6.45, 7) is 5.00. The Morgan fingerprint density at radius 1 is 0.650 bits per heavy atom. The van der Waals surface area contributed by atoms with E-state index in [1.165, 1.54) is 19.3 Å². The molecule has 0 spiro atoms. The summed E-state index contributed by atoms with van der Waals surface area (Å²) in [5.74, 6) is 0. The predicted octanol–water partition coefficient (Wildman–Crippen LogP) is 2.62. The summed E-state index contributed by atoms with van der Waals surface area (Å²) in [7, 11) is 0. The smallest absolute Gasteiger partial charge is 0.319 e. The minimum atomic E-state index is -3.81. The van der Waals surface area contributed by atoms with Gasteiger partial charge in [-0.3, -0.25) is 0 Å². The number of hydrogen-bond acceptors (Lipinski definition) is 2. The Morgan fingerprint density at radius 2 is 0.700 bits per heavy atom. The maximum atomic E-state index is 7.56. The quantitative estimate of drug-likeness (QED) is 0.280. The third-order valence-corrected chi connectivity index (χ3v) is 0.500. The van der Waals surface area contributed by atoms with Crippen LogP contribution in [-0.4, -0.2) is 29.4 Å². The molecular weight excluding hydrogens is 396 g/mol. The van der Waals surface area contributed by atoms with E-state index in [1.54, 1.807) is 0 Å². The Kier molecular flexibility index (Phi) is 54.3. The van der Waals surface area contributed by atoms with Gasteiger partial charge in [-0.2, -0.15) is 0 Å². The maximum absolute atomic E-state index is 7.56. The number of rotatable bonds is 1. The van der Waals surface area contributed by atoms with Gasteiger partial charge in [0.1, 0.15) is 0 Å². The summed E-state index contributed by atoms with van der Waals surface area (Å²) in [6.07, 6.45) is 3.89. The molecule has 0 aliphatic carbocycles. The van der Waals surface area contributed by atoms with Crippen LogP contribution in [0, 0.1) is 0 Å². The minimum Gasteiger partial charge on any atom is -0.325 e. The average molecular weight is 426 g/mol. The van der Waals surface area contributed by atoms with Crippen molar-refractivity contribution in [3.05, 3.63) is 0 Å². The van der Waals surface area contributed by atoms with Gasteiger partial charge in [0.2, 0.25) is 0 Å². The van der Waals surface area contributed by atoms with Crippen LogP contribution in [0.3, 0.4) is 0 Å². The fraction of sp³-hybridized carbons (Fsp3) is 1.00. The molecule has 0 aromatic carbocycles. The summed E-state index contributed by atoms with van der Waals surface area (Å²) >= 11 is 7.21. The second kappa shape index (κ2) is 28.8. The molecule has 0 aromatic heterocycles. The zero-order valence-corrected chi connectivity index (χ0v) is 19.6. The van der Waals surface area contributed by atoms with Crippen molar-refractivity contribution < 1.29 is 48.8 Å². The van der Waals surface area contributed by atoms with Crippen LogP contribution in [0.5, 0.6) is 0 Å². The van der Waals surface area contributed by atoms with Gasteiger partial charge >= 0.3 is 13.4 Å². The second-order valence-corrected chi connectivity index (χ2v) is 7.73. The Labute approximate surface area is 146 Å². The Hall–Kier alpha value is 1.68. The van der Waals surface area contributed by atoms with E-state index in [4.69, 9.17) is 29.4 Å². The molecule has 6 nitrogen and oxygen atoms in total. The van der Waals surface area contributed by atoms with Gasteiger partial charge in [0.15, 0.2) is 0 Å². The van der Waals surface area contributed by atoms with Crippen LogP contribution in [0.2, 0.25) is 0 Å². The first kappa shape index (κ1) is 37.7. The first-order chi connectivity index (χ1) is 8.33. The first-order valence-electron chi connectivity index (χ1n) is 5.89. The molecule has 0 fully saturated rings. The molecule has 0 aliphatic heterocycles. The number of hydrogen-bond donors (Lipinski definition) is 6. The van der Waals surface area contributed by atoms with Crippen molar-refractivity contribution in [1.82, 2.24) is 0 Å². The molecule has 0 atom stereocenters. The van der Waals surface area contributed by atoms with Crippen molar-refractivity contribution in [2.75, 3.05) is 0 Å². The molecule has 0 unspecified atom stereocenters. The van der Waals surface area contributed by atoms with Gasteiger partial charge in [0.05, 0.1) is 0 Å². The van der Waals surface area contributed by atoms with Crippen LogP contribution in [0.1, 0.15) is 60.8 Å². The third kappa shape index (κ3) is 954. The Balaban J connectivity index is -0.0000000313.